The van der Waals surface area contributed by atoms with Crippen molar-refractivity contribution in [1.29, 1.82) is 0 Å². The average molecular weight is 218 g/mol. The molecule has 0 radical (unpaired) electrons. The van der Waals surface area contributed by atoms with Gasteiger partial charge in [-0.15, -0.1) is 0 Å². The van der Waals surface area contributed by atoms with Crippen LogP contribution in [0.15, 0.2) is 0 Å². The van der Waals surface area contributed by atoms with Crippen LogP contribution in [0.2, 0.25) is 0 Å². The molecule has 0 aromatic rings. The van der Waals surface area contributed by atoms with Gasteiger partial charge in [0.25, 0.3) is 0 Å². The fourth-order valence-electron chi connectivity index (χ4n) is 1.13. The molecule has 0 aliphatic rings. The number of aliphatic hydroxyl groups is 1. The number of carboxylic acid groups (broad SMARTS) is 1. The third-order valence-electron chi connectivity index (χ3n) is 1.90. The van der Waals surface area contributed by atoms with Crippen molar-refractivity contribution in [3.8, 4) is 0 Å². The van der Waals surface area contributed by atoms with E-state index in [0.717, 1.165) is 25.7 Å². The molecule has 0 heterocycles. The maximum Gasteiger partial charge on any atom is 0.341 e. The summed E-state index contributed by atoms with van der Waals surface area (Å²) < 4.78 is 4.45. The molecule has 0 aliphatic carbocycles. The first kappa shape index (κ1) is 13.9. The number of hydrogen-bond donors (Lipinski definition) is 2. The van der Waals surface area contributed by atoms with E-state index in [2.05, 4.69) is 4.74 Å². The van der Waals surface area contributed by atoms with Gasteiger partial charge in [-0.3, -0.25) is 4.79 Å². The molecule has 0 saturated heterocycles. The Morgan fingerprint density at radius 2 is 1.60 bits per heavy atom. The molecule has 0 aromatic carbocycles. The Hall–Kier alpha value is -1.10. The predicted molar refractivity (Wildman–Crippen MR) is 53.4 cm³/mol. The van der Waals surface area contributed by atoms with Crippen molar-refractivity contribution in [2.24, 2.45) is 0 Å². The molecule has 0 unspecified atom stereocenters. The third kappa shape index (κ3) is 10.8. The lowest BCUT2D eigenvalue weighted by Crippen LogP contribution is -2.12. The molecule has 88 valence electrons. The zero-order valence-corrected chi connectivity index (χ0v) is 8.78. The van der Waals surface area contributed by atoms with Crippen molar-refractivity contribution in [2.45, 2.75) is 38.5 Å². The fourth-order valence-corrected chi connectivity index (χ4v) is 1.13. The summed E-state index contributed by atoms with van der Waals surface area (Å²) in [6.07, 6.45) is 4.62. The van der Waals surface area contributed by atoms with Gasteiger partial charge in [0.05, 0.1) is 0 Å². The van der Waals surface area contributed by atoms with E-state index < -0.39 is 18.5 Å². The largest absolute Gasteiger partial charge is 0.479 e. The Morgan fingerprint density at radius 3 is 2.20 bits per heavy atom. The average Bonchev–Trinajstić information content (AvgIpc) is 2.20. The summed E-state index contributed by atoms with van der Waals surface area (Å²) in [5.41, 5.74) is 0. The molecular formula is C10H18O5. The van der Waals surface area contributed by atoms with Gasteiger partial charge in [-0.1, -0.05) is 19.3 Å². The number of rotatable bonds is 9. The molecular weight excluding hydrogens is 200 g/mol. The number of carboxylic acids is 1. The minimum Gasteiger partial charge on any atom is -0.479 e. The van der Waals surface area contributed by atoms with Gasteiger partial charge in [0.1, 0.15) is 0 Å². The van der Waals surface area contributed by atoms with E-state index in [0.29, 0.717) is 6.42 Å². The second-order valence-corrected chi connectivity index (χ2v) is 3.30. The van der Waals surface area contributed by atoms with Gasteiger partial charge in [-0.25, -0.2) is 4.79 Å². The highest BCUT2D eigenvalue weighted by atomic mass is 16.5. The summed E-state index contributed by atoms with van der Waals surface area (Å²) in [6, 6.07) is 0. The highest BCUT2D eigenvalue weighted by Gasteiger charge is 2.04. The molecule has 0 aliphatic heterocycles. The highest BCUT2D eigenvalue weighted by Crippen LogP contribution is 2.05. The van der Waals surface area contributed by atoms with Gasteiger partial charge in [0.15, 0.2) is 6.61 Å². The van der Waals surface area contributed by atoms with Crippen LogP contribution < -0.4 is 0 Å². The Labute approximate surface area is 89.0 Å². The van der Waals surface area contributed by atoms with Gasteiger partial charge in [-0.2, -0.15) is 0 Å². The molecule has 0 amide bonds. The summed E-state index contributed by atoms with van der Waals surface area (Å²) in [7, 11) is 0. The van der Waals surface area contributed by atoms with E-state index in [9.17, 15) is 9.59 Å². The van der Waals surface area contributed by atoms with Crippen LogP contribution in [-0.4, -0.2) is 35.4 Å². The van der Waals surface area contributed by atoms with Crippen LogP contribution in [0.3, 0.4) is 0 Å². The summed E-state index contributed by atoms with van der Waals surface area (Å²) in [5.74, 6) is -1.59. The van der Waals surface area contributed by atoms with Crippen molar-refractivity contribution in [3.05, 3.63) is 0 Å². The second-order valence-electron chi connectivity index (χ2n) is 3.30. The van der Waals surface area contributed by atoms with Crippen LogP contribution in [0, 0.1) is 0 Å². The Morgan fingerprint density at radius 1 is 1.00 bits per heavy atom. The van der Waals surface area contributed by atoms with Gasteiger partial charge < -0.3 is 14.9 Å². The molecule has 5 nitrogen and oxygen atoms in total. The maximum absolute atomic E-state index is 10.9. The molecule has 0 atom stereocenters. The SMILES string of the molecule is O=C(O)COC(=O)CCCCCCCO. The Kier molecular flexibility index (Phi) is 8.76. The van der Waals surface area contributed by atoms with Gasteiger partial charge in [-0.05, 0) is 12.8 Å². The molecule has 0 saturated carbocycles. The molecule has 0 aromatic heterocycles. The van der Waals surface area contributed by atoms with E-state index in [1.165, 1.54) is 0 Å². The highest BCUT2D eigenvalue weighted by molar-refractivity contribution is 5.75. The van der Waals surface area contributed by atoms with E-state index in [1.54, 1.807) is 0 Å². The molecule has 15 heavy (non-hydrogen) atoms. The van der Waals surface area contributed by atoms with Crippen molar-refractivity contribution >= 4 is 11.9 Å². The lowest BCUT2D eigenvalue weighted by molar-refractivity contribution is -0.155. The van der Waals surface area contributed by atoms with E-state index in [1.807, 2.05) is 0 Å². The van der Waals surface area contributed by atoms with E-state index >= 15 is 0 Å². The van der Waals surface area contributed by atoms with Crippen molar-refractivity contribution < 1.29 is 24.5 Å². The molecule has 0 rings (SSSR count). The quantitative estimate of drug-likeness (QED) is 0.444. The minimum atomic E-state index is -1.13. The lowest BCUT2D eigenvalue weighted by Gasteiger charge is -2.01. The summed E-state index contributed by atoms with van der Waals surface area (Å²) >= 11 is 0. The number of hydrogen-bond acceptors (Lipinski definition) is 4. The molecule has 0 bridgehead atoms. The lowest BCUT2D eigenvalue weighted by atomic mass is 10.1. The first-order valence-corrected chi connectivity index (χ1v) is 5.15. The van der Waals surface area contributed by atoms with Crippen LogP contribution in [0.25, 0.3) is 0 Å². The summed E-state index contributed by atoms with van der Waals surface area (Å²) in [4.78, 5) is 21.0. The van der Waals surface area contributed by atoms with Gasteiger partial charge in [0.2, 0.25) is 0 Å². The third-order valence-corrected chi connectivity index (χ3v) is 1.90. The Bertz CT molecular complexity index is 190. The zero-order valence-electron chi connectivity index (χ0n) is 8.78. The van der Waals surface area contributed by atoms with E-state index in [-0.39, 0.29) is 13.0 Å². The predicted octanol–water partition coefficient (Wildman–Crippen LogP) is 0.947. The normalized spacial score (nSPS) is 9.93. The van der Waals surface area contributed by atoms with Crippen LogP contribution in [0.4, 0.5) is 0 Å². The number of ether oxygens (including phenoxy) is 1. The van der Waals surface area contributed by atoms with Crippen LogP contribution >= 0.6 is 0 Å². The van der Waals surface area contributed by atoms with Crippen molar-refractivity contribution in [1.82, 2.24) is 0 Å². The van der Waals surface area contributed by atoms with Crippen LogP contribution in [-0.2, 0) is 14.3 Å². The first-order valence-electron chi connectivity index (χ1n) is 5.15. The van der Waals surface area contributed by atoms with E-state index in [4.69, 9.17) is 10.2 Å². The minimum absolute atomic E-state index is 0.209. The molecule has 0 spiro atoms. The van der Waals surface area contributed by atoms with Crippen molar-refractivity contribution in [3.63, 3.8) is 0 Å². The topological polar surface area (TPSA) is 83.8 Å². The standard InChI is InChI=1S/C10H18O5/c11-7-5-3-1-2-4-6-10(14)15-8-9(12)13/h11H,1-8H2,(H,12,13). The number of carbonyl (C=O) groups is 2. The number of aliphatic carboxylic acids is 1. The number of carbonyl (C=O) groups excluding carboxylic acids is 1. The van der Waals surface area contributed by atoms with Gasteiger partial charge in [0, 0.05) is 13.0 Å². The fraction of sp³-hybridized carbons (Fsp3) is 0.800. The first-order chi connectivity index (χ1) is 7.16. The van der Waals surface area contributed by atoms with Gasteiger partial charge >= 0.3 is 11.9 Å². The second kappa shape index (κ2) is 9.45. The van der Waals surface area contributed by atoms with Crippen LogP contribution in [0.5, 0.6) is 0 Å². The molecule has 5 heteroatoms. The molecule has 0 fully saturated rings. The van der Waals surface area contributed by atoms with Crippen LogP contribution in [0.1, 0.15) is 38.5 Å². The number of aliphatic hydroxyl groups excluding tert-OH is 1. The zero-order chi connectivity index (χ0) is 11.5. The smallest absolute Gasteiger partial charge is 0.341 e. The summed E-state index contributed by atoms with van der Waals surface area (Å²) in [6.45, 7) is -0.343. The summed E-state index contributed by atoms with van der Waals surface area (Å²) in [5, 5.41) is 16.7. The Balaban J connectivity index is 3.20. The monoisotopic (exact) mass is 218 g/mol. The number of esters is 1. The number of unbranched alkanes of at least 4 members (excludes halogenated alkanes) is 4. The van der Waals surface area contributed by atoms with Crippen molar-refractivity contribution in [2.75, 3.05) is 13.2 Å². The molecule has 2 N–H and O–H groups in total. The maximum atomic E-state index is 10.9.